The molecule has 0 radical (unpaired) electrons. The van der Waals surface area contributed by atoms with Gasteiger partial charge in [0, 0.05) is 4.90 Å². The molecule has 2 aromatic heterocycles. The van der Waals surface area contributed by atoms with E-state index in [1.165, 1.54) is 12.3 Å². The van der Waals surface area contributed by atoms with Crippen molar-refractivity contribution in [1.82, 2.24) is 0 Å². The lowest BCUT2D eigenvalue weighted by molar-refractivity contribution is 0.0704. The summed E-state index contributed by atoms with van der Waals surface area (Å²) in [5, 5.41) is 0.885. The Labute approximate surface area is 171 Å². The molecule has 0 saturated heterocycles. The maximum Gasteiger partial charge on any atom is 0.379 e. The zero-order chi connectivity index (χ0) is 20.5. The number of furan rings is 2. The van der Waals surface area contributed by atoms with Crippen molar-refractivity contribution in [1.29, 1.82) is 0 Å². The van der Waals surface area contributed by atoms with Gasteiger partial charge in [-0.3, -0.25) is 4.79 Å². The number of aryl methyl sites for hydroxylation is 2. The first kappa shape index (κ1) is 19.1. The summed E-state index contributed by atoms with van der Waals surface area (Å²) in [5.41, 5.74) is 1.30. The lowest BCUT2D eigenvalue weighted by Crippen LogP contribution is -2.07. The van der Waals surface area contributed by atoms with E-state index in [1.54, 1.807) is 43.8 Å². The standard InChI is InChI=1S/C23H18O5S/c1-13-21-18(24)11-16(15-6-8-17(29-3)9-7-15)12-20(22(21)14(2)27-13)28-23(25)19-5-4-10-26-19/h4-12H,1-3H3. The molecule has 4 aromatic rings. The fourth-order valence-electron chi connectivity index (χ4n) is 3.32. The van der Waals surface area contributed by atoms with Gasteiger partial charge in [-0.15, -0.1) is 11.8 Å². The first-order valence-corrected chi connectivity index (χ1v) is 10.2. The van der Waals surface area contributed by atoms with E-state index in [2.05, 4.69) is 0 Å². The van der Waals surface area contributed by atoms with Crippen molar-refractivity contribution in [3.8, 4) is 16.9 Å². The Morgan fingerprint density at radius 2 is 1.69 bits per heavy atom. The predicted octanol–water partition coefficient (Wildman–Crippen LogP) is 5.61. The van der Waals surface area contributed by atoms with Gasteiger partial charge in [0.15, 0.2) is 5.43 Å². The molecule has 6 heteroatoms. The van der Waals surface area contributed by atoms with Crippen LogP contribution in [0.15, 0.2) is 73.3 Å². The summed E-state index contributed by atoms with van der Waals surface area (Å²) in [5.74, 6) is 0.684. The molecule has 0 atom stereocenters. The number of ether oxygens (including phenoxy) is 1. The number of hydrogen-bond donors (Lipinski definition) is 0. The van der Waals surface area contributed by atoms with Crippen LogP contribution in [-0.4, -0.2) is 12.2 Å². The Morgan fingerprint density at radius 3 is 2.34 bits per heavy atom. The van der Waals surface area contributed by atoms with Gasteiger partial charge in [0.05, 0.1) is 17.0 Å². The number of fused-ring (bicyclic) bond motifs is 1. The molecule has 146 valence electrons. The predicted molar refractivity (Wildman–Crippen MR) is 113 cm³/mol. The van der Waals surface area contributed by atoms with Crippen LogP contribution < -0.4 is 10.2 Å². The first-order chi connectivity index (χ1) is 14.0. The number of thioether (sulfide) groups is 1. The van der Waals surface area contributed by atoms with Gasteiger partial charge in [0.1, 0.15) is 17.3 Å². The molecular weight excluding hydrogens is 388 g/mol. The second kappa shape index (κ2) is 7.64. The van der Waals surface area contributed by atoms with Gasteiger partial charge in [0.2, 0.25) is 5.76 Å². The molecular formula is C23H18O5S. The molecule has 2 heterocycles. The topological polar surface area (TPSA) is 69.7 Å². The average molecular weight is 406 g/mol. The van der Waals surface area contributed by atoms with Gasteiger partial charge in [-0.05, 0) is 67.6 Å². The van der Waals surface area contributed by atoms with Crippen molar-refractivity contribution >= 4 is 28.5 Å². The van der Waals surface area contributed by atoms with Gasteiger partial charge in [-0.1, -0.05) is 12.1 Å². The molecule has 0 spiro atoms. The quantitative estimate of drug-likeness (QED) is 0.324. The molecule has 4 rings (SSSR count). The summed E-state index contributed by atoms with van der Waals surface area (Å²) in [4.78, 5) is 26.6. The molecule has 0 aliphatic heterocycles. The van der Waals surface area contributed by atoms with E-state index in [0.29, 0.717) is 27.9 Å². The average Bonchev–Trinajstić information content (AvgIpc) is 3.31. The minimum atomic E-state index is -0.642. The normalized spacial score (nSPS) is 11.0. The molecule has 0 saturated carbocycles. The fraction of sp³-hybridized carbons (Fsp3) is 0.130. The lowest BCUT2D eigenvalue weighted by Gasteiger charge is -2.05. The second-order valence-electron chi connectivity index (χ2n) is 6.53. The zero-order valence-corrected chi connectivity index (χ0v) is 17.0. The van der Waals surface area contributed by atoms with Gasteiger partial charge in [-0.2, -0.15) is 0 Å². The third-order valence-electron chi connectivity index (χ3n) is 4.67. The SMILES string of the molecule is CSc1ccc(-c2cc(OC(=O)c3ccco3)c3c(C)oc(C)c3c(=O)c2)cc1. The lowest BCUT2D eigenvalue weighted by atomic mass is 10.1. The van der Waals surface area contributed by atoms with Crippen LogP contribution in [0, 0.1) is 13.8 Å². The third kappa shape index (κ3) is 3.59. The maximum atomic E-state index is 13.0. The molecule has 29 heavy (non-hydrogen) atoms. The van der Waals surface area contributed by atoms with Gasteiger partial charge in [0.25, 0.3) is 0 Å². The Kier molecular flexibility index (Phi) is 5.03. The van der Waals surface area contributed by atoms with Gasteiger partial charge >= 0.3 is 5.97 Å². The Balaban J connectivity index is 1.94. The highest BCUT2D eigenvalue weighted by Crippen LogP contribution is 2.34. The second-order valence-corrected chi connectivity index (χ2v) is 7.41. The molecule has 0 unspecified atom stereocenters. The van der Waals surface area contributed by atoms with Crippen LogP contribution in [0.5, 0.6) is 5.75 Å². The van der Waals surface area contributed by atoms with E-state index in [9.17, 15) is 9.59 Å². The van der Waals surface area contributed by atoms with Crippen LogP contribution in [0.2, 0.25) is 0 Å². The van der Waals surface area contributed by atoms with E-state index in [1.807, 2.05) is 30.5 Å². The van der Waals surface area contributed by atoms with E-state index in [0.717, 1.165) is 10.5 Å². The summed E-state index contributed by atoms with van der Waals surface area (Å²) >= 11 is 1.64. The van der Waals surface area contributed by atoms with Crippen molar-refractivity contribution in [2.24, 2.45) is 0 Å². The van der Waals surface area contributed by atoms with Crippen molar-refractivity contribution < 1.29 is 18.4 Å². The molecule has 0 aliphatic rings. The van der Waals surface area contributed by atoms with Gasteiger partial charge < -0.3 is 13.6 Å². The minimum absolute atomic E-state index is 0.0794. The van der Waals surface area contributed by atoms with Crippen molar-refractivity contribution in [3.63, 3.8) is 0 Å². The molecule has 0 amide bonds. The number of carbonyl (C=O) groups excluding carboxylic acids is 1. The van der Waals surface area contributed by atoms with Crippen molar-refractivity contribution in [2.45, 2.75) is 18.7 Å². The van der Waals surface area contributed by atoms with Gasteiger partial charge in [-0.25, -0.2) is 4.79 Å². The highest BCUT2D eigenvalue weighted by molar-refractivity contribution is 7.98. The largest absolute Gasteiger partial charge is 0.465 e. The first-order valence-electron chi connectivity index (χ1n) is 8.96. The number of benzene rings is 1. The minimum Gasteiger partial charge on any atom is -0.465 e. The zero-order valence-electron chi connectivity index (χ0n) is 16.1. The summed E-state index contributed by atoms with van der Waals surface area (Å²) in [6, 6.07) is 14.2. The summed E-state index contributed by atoms with van der Waals surface area (Å²) in [7, 11) is 0. The van der Waals surface area contributed by atoms with Crippen LogP contribution in [-0.2, 0) is 0 Å². The van der Waals surface area contributed by atoms with E-state index in [4.69, 9.17) is 13.6 Å². The summed E-state index contributed by atoms with van der Waals surface area (Å²) in [6.07, 6.45) is 3.40. The molecule has 2 aromatic carbocycles. The number of rotatable bonds is 4. The number of hydrogen-bond acceptors (Lipinski definition) is 6. The molecule has 0 bridgehead atoms. The molecule has 0 N–H and O–H groups in total. The number of esters is 1. The van der Waals surface area contributed by atoms with Crippen LogP contribution in [0.3, 0.4) is 0 Å². The summed E-state index contributed by atoms with van der Waals surface area (Å²) in [6.45, 7) is 3.47. The van der Waals surface area contributed by atoms with E-state index < -0.39 is 5.97 Å². The number of carbonyl (C=O) groups is 1. The Bertz CT molecular complexity index is 1250. The van der Waals surface area contributed by atoms with E-state index >= 15 is 0 Å². The third-order valence-corrected chi connectivity index (χ3v) is 5.42. The smallest absolute Gasteiger partial charge is 0.379 e. The van der Waals surface area contributed by atoms with Crippen molar-refractivity contribution in [2.75, 3.05) is 6.26 Å². The van der Waals surface area contributed by atoms with Crippen LogP contribution in [0.4, 0.5) is 0 Å². The molecule has 0 aliphatic carbocycles. The molecule has 0 fully saturated rings. The monoisotopic (exact) mass is 406 g/mol. The fourth-order valence-corrected chi connectivity index (χ4v) is 3.73. The van der Waals surface area contributed by atoms with Crippen LogP contribution >= 0.6 is 11.8 Å². The Hall–Kier alpha value is -3.25. The maximum absolute atomic E-state index is 13.0. The Morgan fingerprint density at radius 1 is 0.966 bits per heavy atom. The highest BCUT2D eigenvalue weighted by atomic mass is 32.2. The van der Waals surface area contributed by atoms with Crippen molar-refractivity contribution in [3.05, 3.63) is 82.3 Å². The highest BCUT2D eigenvalue weighted by Gasteiger charge is 2.20. The van der Waals surface area contributed by atoms with E-state index in [-0.39, 0.29) is 16.9 Å². The van der Waals surface area contributed by atoms with Crippen LogP contribution in [0.25, 0.3) is 21.9 Å². The summed E-state index contributed by atoms with van der Waals surface area (Å²) < 4.78 is 16.5. The molecule has 5 nitrogen and oxygen atoms in total. The van der Waals surface area contributed by atoms with Crippen LogP contribution in [0.1, 0.15) is 22.1 Å².